The predicted octanol–water partition coefficient (Wildman–Crippen LogP) is 1.32. The van der Waals surface area contributed by atoms with Crippen molar-refractivity contribution in [3.63, 3.8) is 0 Å². The molecule has 9 nitrogen and oxygen atoms in total. The minimum Gasteiger partial charge on any atom is -0.385 e. The van der Waals surface area contributed by atoms with Gasteiger partial charge in [0.1, 0.15) is 18.6 Å². The molecule has 0 aromatic heterocycles. The van der Waals surface area contributed by atoms with E-state index in [-0.39, 0.29) is 24.4 Å². The molecule has 1 atom stereocenters. The van der Waals surface area contributed by atoms with Gasteiger partial charge >= 0.3 is 0 Å². The van der Waals surface area contributed by atoms with Gasteiger partial charge in [-0.2, -0.15) is 0 Å². The van der Waals surface area contributed by atoms with Gasteiger partial charge in [-0.25, -0.2) is 4.39 Å². The zero-order chi connectivity index (χ0) is 17.9. The molecule has 0 saturated carbocycles. The van der Waals surface area contributed by atoms with Crippen LogP contribution < -0.4 is 16.8 Å². The fourth-order valence-electron chi connectivity index (χ4n) is 1.82. The molecule has 0 aliphatic heterocycles. The largest absolute Gasteiger partial charge is 0.385 e. The van der Waals surface area contributed by atoms with Gasteiger partial charge in [0.15, 0.2) is 0 Å². The van der Waals surface area contributed by atoms with Gasteiger partial charge in [-0.15, -0.1) is 0 Å². The van der Waals surface area contributed by atoms with Gasteiger partial charge in [-0.05, 0) is 30.5 Å². The first kappa shape index (κ1) is 18.9. The Balaban J connectivity index is 2.62. The number of carbonyl (C=O) groups is 2. The van der Waals surface area contributed by atoms with Crippen molar-refractivity contribution in [2.75, 3.05) is 13.2 Å². The van der Waals surface area contributed by atoms with E-state index in [9.17, 15) is 14.0 Å². The molecule has 1 aromatic carbocycles. The van der Waals surface area contributed by atoms with Crippen LogP contribution >= 0.6 is 0 Å². The lowest BCUT2D eigenvalue weighted by Crippen LogP contribution is -2.44. The number of aliphatic imine (C=N–C) groups is 1. The van der Waals surface area contributed by atoms with E-state index in [0.29, 0.717) is 12.1 Å². The Morgan fingerprint density at radius 2 is 1.96 bits per heavy atom. The molecule has 24 heavy (non-hydrogen) atoms. The lowest BCUT2D eigenvalue weighted by molar-refractivity contribution is -0.120. The Morgan fingerprint density at radius 3 is 2.50 bits per heavy atom. The molecular weight excluding hydrogens is 317 g/mol. The van der Waals surface area contributed by atoms with Gasteiger partial charge in [0.25, 0.3) is 5.91 Å². The number of primary amides is 1. The number of hydrogen-bond donors (Lipinski definition) is 3. The van der Waals surface area contributed by atoms with Gasteiger partial charge in [-0.3, -0.25) is 14.6 Å². The van der Waals surface area contributed by atoms with Crippen LogP contribution in [-0.4, -0.2) is 36.9 Å². The van der Waals surface area contributed by atoms with Gasteiger partial charge in [0, 0.05) is 22.7 Å². The molecule has 0 saturated heterocycles. The quantitative estimate of drug-likeness (QED) is 0.155. The zero-order valence-electron chi connectivity index (χ0n) is 12.9. The Morgan fingerprint density at radius 1 is 1.29 bits per heavy atom. The van der Waals surface area contributed by atoms with E-state index in [1.54, 1.807) is 0 Å². The number of halogens is 1. The summed E-state index contributed by atoms with van der Waals surface area (Å²) in [6.45, 7) is -0.599. The highest BCUT2D eigenvalue weighted by molar-refractivity contribution is 5.97. The molecule has 128 valence electrons. The van der Waals surface area contributed by atoms with E-state index in [0.717, 1.165) is 0 Å². The number of nitrogens with zero attached hydrogens (tertiary/aromatic N) is 4. The lowest BCUT2D eigenvalue weighted by Gasteiger charge is -2.15. The molecule has 0 fully saturated rings. The third-order valence-corrected chi connectivity index (χ3v) is 3.04. The van der Waals surface area contributed by atoms with E-state index in [1.807, 2.05) is 0 Å². The predicted molar refractivity (Wildman–Crippen MR) is 87.4 cm³/mol. The highest BCUT2D eigenvalue weighted by Gasteiger charge is 2.18. The average Bonchev–Trinajstić information content (AvgIpc) is 2.57. The molecule has 0 aliphatic rings. The Hall–Kier alpha value is -3.13. The van der Waals surface area contributed by atoms with Crippen LogP contribution in [0.4, 0.5) is 10.1 Å². The Labute approximate surface area is 137 Å². The Kier molecular flexibility index (Phi) is 7.72. The summed E-state index contributed by atoms with van der Waals surface area (Å²) in [7, 11) is 0. The normalized spacial score (nSPS) is 12.1. The third kappa shape index (κ3) is 6.32. The summed E-state index contributed by atoms with van der Waals surface area (Å²) < 4.78 is 12.1. The van der Waals surface area contributed by atoms with Crippen LogP contribution in [0.1, 0.15) is 23.2 Å². The molecule has 0 radical (unpaired) electrons. The second kappa shape index (κ2) is 9.80. The topological polar surface area (TPSA) is 159 Å². The minimum atomic E-state index is -0.879. The number of azide groups is 1. The summed E-state index contributed by atoms with van der Waals surface area (Å²) in [6, 6.07) is 4.99. The molecule has 0 bridgehead atoms. The van der Waals surface area contributed by atoms with Crippen molar-refractivity contribution in [3.05, 3.63) is 40.3 Å². The summed E-state index contributed by atoms with van der Waals surface area (Å²) in [4.78, 5) is 29.9. The van der Waals surface area contributed by atoms with Crippen LogP contribution in [0.3, 0.4) is 0 Å². The number of rotatable bonds is 9. The Bertz CT molecular complexity index is 654. The highest BCUT2D eigenvalue weighted by Crippen LogP contribution is 2.13. The van der Waals surface area contributed by atoms with Crippen molar-refractivity contribution in [1.29, 1.82) is 0 Å². The van der Waals surface area contributed by atoms with Crippen LogP contribution in [0.25, 0.3) is 10.4 Å². The minimum absolute atomic E-state index is 0.116. The summed E-state index contributed by atoms with van der Waals surface area (Å²) >= 11 is 0. The highest BCUT2D eigenvalue weighted by atomic mass is 19.1. The average molecular weight is 335 g/mol. The number of amidine groups is 1. The number of alkyl halides is 1. The summed E-state index contributed by atoms with van der Waals surface area (Å²) in [5.74, 6) is -1.29. The van der Waals surface area contributed by atoms with E-state index < -0.39 is 24.5 Å². The fourth-order valence-corrected chi connectivity index (χ4v) is 1.82. The number of amides is 2. The smallest absolute Gasteiger partial charge is 0.251 e. The van der Waals surface area contributed by atoms with Gasteiger partial charge < -0.3 is 16.8 Å². The SMILES string of the molecule is [N-]=[N+]=Nc1ccc(C(=O)N[C@@H](CCCN=C(N)CF)C(N)=O)cc1. The molecule has 0 heterocycles. The van der Waals surface area contributed by atoms with Crippen molar-refractivity contribution >= 4 is 23.3 Å². The first-order chi connectivity index (χ1) is 11.5. The van der Waals surface area contributed by atoms with E-state index in [1.165, 1.54) is 24.3 Å². The third-order valence-electron chi connectivity index (χ3n) is 3.04. The second-order valence-electron chi connectivity index (χ2n) is 4.81. The molecular formula is C14H18FN7O2. The lowest BCUT2D eigenvalue weighted by atomic mass is 10.1. The maximum atomic E-state index is 12.1. The van der Waals surface area contributed by atoms with Crippen molar-refractivity contribution < 1.29 is 14.0 Å². The van der Waals surface area contributed by atoms with E-state index >= 15 is 0 Å². The number of carbonyl (C=O) groups excluding carboxylic acids is 2. The van der Waals surface area contributed by atoms with Crippen LogP contribution in [-0.2, 0) is 4.79 Å². The first-order valence-corrected chi connectivity index (χ1v) is 7.08. The van der Waals surface area contributed by atoms with Gasteiger partial charge in [-0.1, -0.05) is 17.2 Å². The molecule has 0 aliphatic carbocycles. The van der Waals surface area contributed by atoms with Gasteiger partial charge in [0.05, 0.1) is 0 Å². The molecule has 5 N–H and O–H groups in total. The fraction of sp³-hybridized carbons (Fsp3) is 0.357. The number of nitrogens with two attached hydrogens (primary N) is 2. The number of nitrogens with one attached hydrogen (secondary N) is 1. The van der Waals surface area contributed by atoms with Gasteiger partial charge in [0.2, 0.25) is 5.91 Å². The standard InChI is InChI=1S/C14H18FN7O2/c15-8-12(16)19-7-1-2-11(13(17)23)20-14(24)9-3-5-10(6-4-9)21-22-18/h3-6,11H,1-2,7-8H2,(H2,16,19)(H2,17,23)(H,20,24)/t11-/m0/s1. The maximum absolute atomic E-state index is 12.1. The first-order valence-electron chi connectivity index (χ1n) is 7.08. The van der Waals surface area contributed by atoms with Crippen molar-refractivity contribution in [3.8, 4) is 0 Å². The van der Waals surface area contributed by atoms with Crippen molar-refractivity contribution in [2.45, 2.75) is 18.9 Å². The van der Waals surface area contributed by atoms with Crippen LogP contribution in [0.15, 0.2) is 34.4 Å². The molecule has 1 rings (SSSR count). The number of benzene rings is 1. The summed E-state index contributed by atoms with van der Waals surface area (Å²) in [5.41, 5.74) is 19.5. The monoisotopic (exact) mass is 335 g/mol. The number of hydrogen-bond acceptors (Lipinski definition) is 4. The molecule has 2 amide bonds. The molecule has 10 heteroatoms. The van der Waals surface area contributed by atoms with Crippen molar-refractivity contribution in [1.82, 2.24) is 5.32 Å². The summed E-state index contributed by atoms with van der Waals surface area (Å²) in [5, 5.41) is 5.91. The zero-order valence-corrected chi connectivity index (χ0v) is 12.9. The van der Waals surface area contributed by atoms with Crippen LogP contribution in [0.2, 0.25) is 0 Å². The second-order valence-corrected chi connectivity index (χ2v) is 4.81. The molecule has 0 spiro atoms. The van der Waals surface area contributed by atoms with Crippen LogP contribution in [0.5, 0.6) is 0 Å². The van der Waals surface area contributed by atoms with E-state index in [4.69, 9.17) is 17.0 Å². The van der Waals surface area contributed by atoms with Crippen molar-refractivity contribution in [2.24, 2.45) is 21.6 Å². The van der Waals surface area contributed by atoms with Crippen LogP contribution in [0, 0.1) is 0 Å². The molecule has 0 unspecified atom stereocenters. The maximum Gasteiger partial charge on any atom is 0.251 e. The van der Waals surface area contributed by atoms with E-state index in [2.05, 4.69) is 20.3 Å². The molecule has 1 aromatic rings. The summed E-state index contributed by atoms with van der Waals surface area (Å²) in [6.07, 6.45) is 0.658.